The van der Waals surface area contributed by atoms with Gasteiger partial charge in [-0.25, -0.2) is 0 Å². The van der Waals surface area contributed by atoms with Gasteiger partial charge in [-0.2, -0.15) is 0 Å². The molecule has 4 nitrogen and oxygen atoms in total. The van der Waals surface area contributed by atoms with Crippen LogP contribution in [0.4, 0.5) is 0 Å². The van der Waals surface area contributed by atoms with Crippen molar-refractivity contribution < 1.29 is 14.3 Å². The molecule has 0 radical (unpaired) electrons. The van der Waals surface area contributed by atoms with Crippen LogP contribution in [-0.2, 0) is 11.2 Å². The van der Waals surface area contributed by atoms with Crippen molar-refractivity contribution in [3.63, 3.8) is 0 Å². The number of rotatable bonds is 10. The van der Waals surface area contributed by atoms with Gasteiger partial charge in [-0.15, -0.1) is 0 Å². The summed E-state index contributed by atoms with van der Waals surface area (Å²) in [5.41, 5.74) is 1.22. The number of para-hydroxylation sites is 1. The van der Waals surface area contributed by atoms with Gasteiger partial charge in [0.15, 0.2) is 0 Å². The zero-order valence-corrected chi connectivity index (χ0v) is 14.2. The summed E-state index contributed by atoms with van der Waals surface area (Å²) in [5.74, 6) is 1.79. The fourth-order valence-corrected chi connectivity index (χ4v) is 2.38. The molecule has 0 saturated carbocycles. The van der Waals surface area contributed by atoms with Crippen molar-refractivity contribution in [2.45, 2.75) is 25.7 Å². The van der Waals surface area contributed by atoms with E-state index < -0.39 is 0 Å². The summed E-state index contributed by atoms with van der Waals surface area (Å²) in [4.78, 5) is 11.8. The van der Waals surface area contributed by atoms with Crippen LogP contribution in [0.25, 0.3) is 0 Å². The molecular weight excluding hydrogens is 302 g/mol. The molecule has 0 aliphatic carbocycles. The maximum Gasteiger partial charge on any atom is 0.220 e. The summed E-state index contributed by atoms with van der Waals surface area (Å²) < 4.78 is 10.8. The van der Waals surface area contributed by atoms with E-state index in [1.54, 1.807) is 7.11 Å². The minimum absolute atomic E-state index is 0.0808. The standard InChI is InChI=1S/C20H25NO3/c1-23-19-12-5-8-17(16-19)9-6-14-21-20(22)13-7-15-24-18-10-3-2-4-11-18/h2-5,8,10-12,16H,6-7,9,13-15H2,1H3,(H,21,22). The largest absolute Gasteiger partial charge is 0.497 e. The van der Waals surface area contributed by atoms with Gasteiger partial charge >= 0.3 is 0 Å². The molecule has 0 saturated heterocycles. The number of nitrogens with one attached hydrogen (secondary N) is 1. The monoisotopic (exact) mass is 327 g/mol. The number of hydrogen-bond donors (Lipinski definition) is 1. The molecule has 0 bridgehead atoms. The molecule has 0 fully saturated rings. The first-order valence-electron chi connectivity index (χ1n) is 8.35. The second-order valence-corrected chi connectivity index (χ2v) is 5.57. The highest BCUT2D eigenvalue weighted by atomic mass is 16.5. The van der Waals surface area contributed by atoms with Crippen molar-refractivity contribution in [2.75, 3.05) is 20.3 Å². The number of hydrogen-bond acceptors (Lipinski definition) is 3. The van der Waals surface area contributed by atoms with Gasteiger partial charge in [-0.3, -0.25) is 4.79 Å². The van der Waals surface area contributed by atoms with Crippen LogP contribution in [0.3, 0.4) is 0 Å². The van der Waals surface area contributed by atoms with E-state index in [0.717, 1.165) is 30.8 Å². The van der Waals surface area contributed by atoms with Crippen molar-refractivity contribution >= 4 is 5.91 Å². The molecule has 0 spiro atoms. The smallest absolute Gasteiger partial charge is 0.220 e. The Bertz CT molecular complexity index is 613. The maximum atomic E-state index is 11.8. The highest BCUT2D eigenvalue weighted by Crippen LogP contribution is 2.13. The highest BCUT2D eigenvalue weighted by Gasteiger charge is 2.02. The lowest BCUT2D eigenvalue weighted by Gasteiger charge is -2.07. The molecule has 2 aromatic rings. The van der Waals surface area contributed by atoms with Crippen LogP contribution < -0.4 is 14.8 Å². The third-order valence-corrected chi connectivity index (χ3v) is 3.66. The fourth-order valence-electron chi connectivity index (χ4n) is 2.38. The van der Waals surface area contributed by atoms with Gasteiger partial charge in [0.05, 0.1) is 13.7 Å². The summed E-state index contributed by atoms with van der Waals surface area (Å²) >= 11 is 0. The van der Waals surface area contributed by atoms with Crippen LogP contribution in [0.2, 0.25) is 0 Å². The lowest BCUT2D eigenvalue weighted by molar-refractivity contribution is -0.121. The molecular formula is C20H25NO3. The van der Waals surface area contributed by atoms with E-state index in [9.17, 15) is 4.79 Å². The molecule has 1 amide bonds. The molecule has 128 valence electrons. The molecule has 0 aromatic heterocycles. The summed E-state index contributed by atoms with van der Waals surface area (Å²) in [6.07, 6.45) is 3.05. The van der Waals surface area contributed by atoms with Crippen molar-refractivity contribution in [1.29, 1.82) is 0 Å². The second kappa shape index (κ2) is 10.3. The first-order chi connectivity index (χ1) is 11.8. The van der Waals surface area contributed by atoms with Crippen molar-refractivity contribution in [3.8, 4) is 11.5 Å². The third-order valence-electron chi connectivity index (χ3n) is 3.66. The molecule has 0 heterocycles. The maximum absolute atomic E-state index is 11.8. The van der Waals surface area contributed by atoms with E-state index in [4.69, 9.17) is 9.47 Å². The molecule has 24 heavy (non-hydrogen) atoms. The Labute approximate surface area is 143 Å². The van der Waals surface area contributed by atoms with E-state index in [1.165, 1.54) is 5.56 Å². The molecule has 1 N–H and O–H groups in total. The zero-order chi connectivity index (χ0) is 17.0. The van der Waals surface area contributed by atoms with Crippen LogP contribution in [0, 0.1) is 0 Å². The van der Waals surface area contributed by atoms with Gasteiger partial charge in [0.25, 0.3) is 0 Å². The first kappa shape index (κ1) is 17.9. The fraction of sp³-hybridized carbons (Fsp3) is 0.350. The zero-order valence-electron chi connectivity index (χ0n) is 14.2. The number of ether oxygens (including phenoxy) is 2. The third kappa shape index (κ3) is 6.73. The summed E-state index contributed by atoms with van der Waals surface area (Å²) in [5, 5.41) is 2.95. The summed E-state index contributed by atoms with van der Waals surface area (Å²) in [6, 6.07) is 17.7. The summed E-state index contributed by atoms with van der Waals surface area (Å²) in [6.45, 7) is 1.25. The Kier molecular flexibility index (Phi) is 7.68. The minimum atomic E-state index is 0.0808. The van der Waals surface area contributed by atoms with Gasteiger partial charge in [0.1, 0.15) is 11.5 Å². The average Bonchev–Trinajstić information content (AvgIpc) is 2.63. The summed E-state index contributed by atoms with van der Waals surface area (Å²) in [7, 11) is 1.67. The van der Waals surface area contributed by atoms with Crippen LogP contribution in [0.1, 0.15) is 24.8 Å². The average molecular weight is 327 g/mol. The lowest BCUT2D eigenvalue weighted by atomic mass is 10.1. The molecule has 0 atom stereocenters. The van der Waals surface area contributed by atoms with E-state index in [0.29, 0.717) is 19.6 Å². The highest BCUT2D eigenvalue weighted by molar-refractivity contribution is 5.75. The lowest BCUT2D eigenvalue weighted by Crippen LogP contribution is -2.24. The molecule has 0 aliphatic rings. The van der Waals surface area contributed by atoms with Crippen LogP contribution >= 0.6 is 0 Å². The second-order valence-electron chi connectivity index (χ2n) is 5.57. The molecule has 4 heteroatoms. The topological polar surface area (TPSA) is 47.6 Å². The first-order valence-corrected chi connectivity index (χ1v) is 8.35. The predicted molar refractivity (Wildman–Crippen MR) is 95.5 cm³/mol. The number of aryl methyl sites for hydroxylation is 1. The van der Waals surface area contributed by atoms with Gasteiger partial charge < -0.3 is 14.8 Å². The number of carbonyl (C=O) groups is 1. The van der Waals surface area contributed by atoms with Gasteiger partial charge in [-0.1, -0.05) is 30.3 Å². The quantitative estimate of drug-likeness (QED) is 0.678. The Morgan fingerprint density at radius 2 is 1.79 bits per heavy atom. The van der Waals surface area contributed by atoms with Gasteiger partial charge in [0.2, 0.25) is 5.91 Å². The van der Waals surface area contributed by atoms with Gasteiger partial charge in [0, 0.05) is 13.0 Å². The molecule has 0 aliphatic heterocycles. The molecule has 2 rings (SSSR count). The SMILES string of the molecule is COc1cccc(CCCNC(=O)CCCOc2ccccc2)c1. The number of benzene rings is 2. The Hall–Kier alpha value is -2.49. The Morgan fingerprint density at radius 3 is 2.58 bits per heavy atom. The molecule has 0 unspecified atom stereocenters. The minimum Gasteiger partial charge on any atom is -0.497 e. The van der Waals surface area contributed by atoms with Gasteiger partial charge in [-0.05, 0) is 49.1 Å². The van der Waals surface area contributed by atoms with Crippen molar-refractivity contribution in [2.24, 2.45) is 0 Å². The predicted octanol–water partition coefficient (Wildman–Crippen LogP) is 3.60. The number of amides is 1. The van der Waals surface area contributed by atoms with E-state index in [-0.39, 0.29) is 5.91 Å². The van der Waals surface area contributed by atoms with E-state index >= 15 is 0 Å². The Morgan fingerprint density at radius 1 is 1.00 bits per heavy atom. The van der Waals surface area contributed by atoms with E-state index in [2.05, 4.69) is 11.4 Å². The molecule has 2 aromatic carbocycles. The van der Waals surface area contributed by atoms with Crippen LogP contribution in [0.15, 0.2) is 54.6 Å². The number of methoxy groups -OCH3 is 1. The van der Waals surface area contributed by atoms with Crippen molar-refractivity contribution in [3.05, 3.63) is 60.2 Å². The van der Waals surface area contributed by atoms with Crippen LogP contribution in [0.5, 0.6) is 11.5 Å². The van der Waals surface area contributed by atoms with Crippen LogP contribution in [-0.4, -0.2) is 26.2 Å². The van der Waals surface area contributed by atoms with Crippen molar-refractivity contribution in [1.82, 2.24) is 5.32 Å². The number of carbonyl (C=O) groups excluding carboxylic acids is 1. The normalized spacial score (nSPS) is 10.2. The Balaban J connectivity index is 1.53. The van der Waals surface area contributed by atoms with E-state index in [1.807, 2.05) is 48.5 Å².